The van der Waals surface area contributed by atoms with Crippen LogP contribution in [0, 0.1) is 5.92 Å². The molecule has 0 spiro atoms. The summed E-state index contributed by atoms with van der Waals surface area (Å²) in [5, 5.41) is 4.17. The van der Waals surface area contributed by atoms with Crippen LogP contribution in [0.4, 0.5) is 0 Å². The van der Waals surface area contributed by atoms with E-state index in [1.165, 1.54) is 18.2 Å². The number of sulfonamides is 1. The van der Waals surface area contributed by atoms with Crippen LogP contribution in [0.25, 0.3) is 11.3 Å². The first-order chi connectivity index (χ1) is 14.3. The highest BCUT2D eigenvalue weighted by Crippen LogP contribution is 2.21. The SMILES string of the molecule is CC(C)[C@H](NS(=O)(=O)c1cccc(Cl)c1)C(=O)OCc1cc(-c2ccccc2)on1. The molecular formula is C21H21ClN2O5S. The second kappa shape index (κ2) is 9.42. The smallest absolute Gasteiger partial charge is 0.324 e. The van der Waals surface area contributed by atoms with Crippen molar-refractivity contribution in [2.75, 3.05) is 0 Å². The maximum atomic E-state index is 12.6. The molecule has 0 saturated carbocycles. The molecule has 3 aromatic rings. The van der Waals surface area contributed by atoms with Gasteiger partial charge in [-0.25, -0.2) is 8.42 Å². The molecule has 0 bridgehead atoms. The molecular weight excluding hydrogens is 428 g/mol. The number of carbonyl (C=O) groups excluding carboxylic acids is 1. The average molecular weight is 449 g/mol. The number of nitrogens with zero attached hydrogens (tertiary/aromatic N) is 1. The summed E-state index contributed by atoms with van der Waals surface area (Å²) in [6.07, 6.45) is 0. The lowest BCUT2D eigenvalue weighted by Gasteiger charge is -2.20. The van der Waals surface area contributed by atoms with Gasteiger partial charge in [0.15, 0.2) is 5.76 Å². The van der Waals surface area contributed by atoms with E-state index in [-0.39, 0.29) is 22.4 Å². The van der Waals surface area contributed by atoms with Gasteiger partial charge >= 0.3 is 5.97 Å². The number of aromatic nitrogens is 1. The van der Waals surface area contributed by atoms with Crippen LogP contribution < -0.4 is 4.72 Å². The fourth-order valence-corrected chi connectivity index (χ4v) is 4.31. The number of hydrogen-bond acceptors (Lipinski definition) is 6. The van der Waals surface area contributed by atoms with E-state index in [1.54, 1.807) is 26.0 Å². The molecule has 0 aliphatic heterocycles. The number of hydrogen-bond donors (Lipinski definition) is 1. The van der Waals surface area contributed by atoms with Crippen molar-refractivity contribution < 1.29 is 22.5 Å². The minimum Gasteiger partial charge on any atom is -0.458 e. The van der Waals surface area contributed by atoms with E-state index in [9.17, 15) is 13.2 Å². The fraction of sp³-hybridized carbons (Fsp3) is 0.238. The van der Waals surface area contributed by atoms with Gasteiger partial charge in [0.1, 0.15) is 18.3 Å². The zero-order valence-corrected chi connectivity index (χ0v) is 18.0. The van der Waals surface area contributed by atoms with Crippen LogP contribution in [0.15, 0.2) is 70.1 Å². The summed E-state index contributed by atoms with van der Waals surface area (Å²) < 4.78 is 38.2. The van der Waals surface area contributed by atoms with Crippen molar-refractivity contribution >= 4 is 27.6 Å². The summed E-state index contributed by atoms with van der Waals surface area (Å²) in [6, 6.07) is 15.8. The van der Waals surface area contributed by atoms with Gasteiger partial charge < -0.3 is 9.26 Å². The highest BCUT2D eigenvalue weighted by atomic mass is 35.5. The van der Waals surface area contributed by atoms with Crippen molar-refractivity contribution in [3.8, 4) is 11.3 Å². The molecule has 0 amide bonds. The third kappa shape index (κ3) is 5.47. The standard InChI is InChI=1S/C21H21ClN2O5S/c1-14(2)20(24-30(26,27)18-10-6-9-16(22)11-18)21(25)28-13-17-12-19(29-23-17)15-7-4-3-5-8-15/h3-12,14,20,24H,13H2,1-2H3/t20-/m0/s1. The Morgan fingerprint density at radius 3 is 2.53 bits per heavy atom. The summed E-state index contributed by atoms with van der Waals surface area (Å²) in [5.41, 5.74) is 1.26. The number of rotatable bonds is 8. The van der Waals surface area contributed by atoms with E-state index in [1.807, 2.05) is 30.3 Å². The van der Waals surface area contributed by atoms with E-state index in [0.717, 1.165) is 5.56 Å². The minimum atomic E-state index is -3.96. The van der Waals surface area contributed by atoms with Gasteiger partial charge in [0.2, 0.25) is 10.0 Å². The fourth-order valence-electron chi connectivity index (χ4n) is 2.68. The molecule has 30 heavy (non-hydrogen) atoms. The van der Waals surface area contributed by atoms with Crippen molar-refractivity contribution in [1.29, 1.82) is 0 Å². The van der Waals surface area contributed by atoms with Crippen molar-refractivity contribution in [3.05, 3.63) is 71.4 Å². The lowest BCUT2D eigenvalue weighted by atomic mass is 10.1. The van der Waals surface area contributed by atoms with Crippen LogP contribution in [-0.2, 0) is 26.2 Å². The predicted octanol–water partition coefficient (Wildman–Crippen LogP) is 4.04. The second-order valence-corrected chi connectivity index (χ2v) is 9.11. The Hall–Kier alpha value is -2.68. The molecule has 0 aliphatic carbocycles. The summed E-state index contributed by atoms with van der Waals surface area (Å²) in [7, 11) is -3.96. The number of nitrogens with one attached hydrogen (secondary N) is 1. The molecule has 0 radical (unpaired) electrons. The second-order valence-electron chi connectivity index (χ2n) is 6.96. The molecule has 2 aromatic carbocycles. The third-order valence-corrected chi connectivity index (χ3v) is 5.96. The zero-order chi connectivity index (χ0) is 21.7. The Bertz CT molecular complexity index is 1110. The van der Waals surface area contributed by atoms with Crippen LogP contribution >= 0.6 is 11.6 Å². The first kappa shape index (κ1) is 22.0. The Labute approximate surface area is 180 Å². The van der Waals surface area contributed by atoms with Gasteiger partial charge in [0.25, 0.3) is 0 Å². The number of carbonyl (C=O) groups is 1. The van der Waals surface area contributed by atoms with Gasteiger partial charge in [-0.3, -0.25) is 4.79 Å². The molecule has 0 unspecified atom stereocenters. The summed E-state index contributed by atoms with van der Waals surface area (Å²) in [5.74, 6) is -0.507. The van der Waals surface area contributed by atoms with Crippen molar-refractivity contribution in [1.82, 2.24) is 9.88 Å². The van der Waals surface area contributed by atoms with Crippen molar-refractivity contribution in [3.63, 3.8) is 0 Å². The van der Waals surface area contributed by atoms with E-state index in [4.69, 9.17) is 20.9 Å². The maximum Gasteiger partial charge on any atom is 0.324 e. The first-order valence-electron chi connectivity index (χ1n) is 9.22. The number of ether oxygens (including phenoxy) is 1. The number of halogens is 1. The summed E-state index contributed by atoms with van der Waals surface area (Å²) in [6.45, 7) is 3.29. The zero-order valence-electron chi connectivity index (χ0n) is 16.4. The maximum absolute atomic E-state index is 12.6. The summed E-state index contributed by atoms with van der Waals surface area (Å²) >= 11 is 5.88. The minimum absolute atomic E-state index is 0.0301. The topological polar surface area (TPSA) is 98.5 Å². The molecule has 1 aromatic heterocycles. The van der Waals surface area contributed by atoms with Gasteiger partial charge in [-0.15, -0.1) is 0 Å². The lowest BCUT2D eigenvalue weighted by Crippen LogP contribution is -2.45. The van der Waals surface area contributed by atoms with Crippen LogP contribution in [0.5, 0.6) is 0 Å². The van der Waals surface area contributed by atoms with E-state index in [0.29, 0.717) is 11.5 Å². The largest absolute Gasteiger partial charge is 0.458 e. The van der Waals surface area contributed by atoms with Gasteiger partial charge in [-0.2, -0.15) is 4.72 Å². The van der Waals surface area contributed by atoms with Gasteiger partial charge in [0, 0.05) is 16.7 Å². The molecule has 9 heteroatoms. The highest BCUT2D eigenvalue weighted by Gasteiger charge is 2.30. The van der Waals surface area contributed by atoms with Crippen LogP contribution in [0.2, 0.25) is 5.02 Å². The normalized spacial score (nSPS) is 12.7. The quantitative estimate of drug-likeness (QED) is 0.522. The van der Waals surface area contributed by atoms with Crippen LogP contribution in [-0.4, -0.2) is 25.6 Å². The highest BCUT2D eigenvalue weighted by molar-refractivity contribution is 7.89. The lowest BCUT2D eigenvalue weighted by molar-refractivity contribution is -0.148. The molecule has 158 valence electrons. The monoisotopic (exact) mass is 448 g/mol. The predicted molar refractivity (Wildman–Crippen MR) is 112 cm³/mol. The molecule has 3 rings (SSSR count). The van der Waals surface area contributed by atoms with Gasteiger partial charge in [0.05, 0.1) is 4.90 Å². The Morgan fingerprint density at radius 1 is 1.13 bits per heavy atom. The molecule has 0 aliphatic rings. The molecule has 7 nitrogen and oxygen atoms in total. The molecule has 1 N–H and O–H groups in total. The summed E-state index contributed by atoms with van der Waals surface area (Å²) in [4.78, 5) is 12.5. The van der Waals surface area contributed by atoms with Crippen LogP contribution in [0.3, 0.4) is 0 Å². The van der Waals surface area contributed by atoms with Gasteiger partial charge in [-0.05, 0) is 24.1 Å². The first-order valence-corrected chi connectivity index (χ1v) is 11.1. The Morgan fingerprint density at radius 2 is 1.87 bits per heavy atom. The Balaban J connectivity index is 1.67. The average Bonchev–Trinajstić information content (AvgIpc) is 3.20. The molecule has 0 fully saturated rings. The Kier molecular flexibility index (Phi) is 6.91. The van der Waals surface area contributed by atoms with Gasteiger partial charge in [-0.1, -0.05) is 67.0 Å². The van der Waals surface area contributed by atoms with E-state index in [2.05, 4.69) is 9.88 Å². The molecule has 0 saturated heterocycles. The molecule has 1 heterocycles. The van der Waals surface area contributed by atoms with E-state index < -0.39 is 22.0 Å². The van der Waals surface area contributed by atoms with Crippen LogP contribution in [0.1, 0.15) is 19.5 Å². The van der Waals surface area contributed by atoms with Crippen molar-refractivity contribution in [2.45, 2.75) is 31.4 Å². The molecule has 1 atom stereocenters. The third-order valence-electron chi connectivity index (χ3n) is 4.29. The van der Waals surface area contributed by atoms with E-state index >= 15 is 0 Å². The number of esters is 1. The number of benzene rings is 2. The van der Waals surface area contributed by atoms with Crippen molar-refractivity contribution in [2.24, 2.45) is 5.92 Å².